The Kier molecular flexibility index (Phi) is 6.70. The molecule has 0 atom stereocenters. The van der Waals surface area contributed by atoms with Crippen LogP contribution in [0.5, 0.6) is 17.2 Å². The molecule has 0 saturated heterocycles. The molecule has 0 unspecified atom stereocenters. The molecule has 1 N–H and O–H groups in total. The zero-order valence-electron chi connectivity index (χ0n) is 22.2. The van der Waals surface area contributed by atoms with Crippen molar-refractivity contribution >= 4 is 22.6 Å². The third-order valence-electron chi connectivity index (χ3n) is 6.55. The predicted molar refractivity (Wildman–Crippen MR) is 155 cm³/mol. The number of aromatic nitrogens is 5. The molecular weight excluding hydrogens is 520 g/mol. The molecule has 10 nitrogen and oxygen atoms in total. The number of hydrogen-bond donors (Lipinski definition) is 1. The molecule has 6 aromatic rings. The molecule has 6 rings (SSSR count). The van der Waals surface area contributed by atoms with E-state index in [0.29, 0.717) is 34.2 Å². The number of para-hydroxylation sites is 1. The first kappa shape index (κ1) is 25.5. The van der Waals surface area contributed by atoms with E-state index < -0.39 is 11.5 Å². The Balaban J connectivity index is 1.29. The highest BCUT2D eigenvalue weighted by atomic mass is 16.5. The summed E-state index contributed by atoms with van der Waals surface area (Å²) >= 11 is 0. The van der Waals surface area contributed by atoms with Gasteiger partial charge in [0.1, 0.15) is 28.6 Å². The second-order valence-electron chi connectivity index (χ2n) is 9.07. The van der Waals surface area contributed by atoms with Crippen LogP contribution in [0.15, 0.2) is 108 Å². The van der Waals surface area contributed by atoms with Gasteiger partial charge in [-0.05, 0) is 54.6 Å². The van der Waals surface area contributed by atoms with E-state index in [1.165, 1.54) is 10.9 Å². The molecular formula is C31H24N6O4. The van der Waals surface area contributed by atoms with Gasteiger partial charge in [0.2, 0.25) is 0 Å². The van der Waals surface area contributed by atoms with E-state index in [1.807, 2.05) is 36.4 Å². The van der Waals surface area contributed by atoms with Crippen LogP contribution in [0.4, 0.5) is 5.82 Å². The van der Waals surface area contributed by atoms with Gasteiger partial charge in [0.15, 0.2) is 0 Å². The van der Waals surface area contributed by atoms with Crippen molar-refractivity contribution in [2.75, 3.05) is 12.4 Å². The zero-order valence-corrected chi connectivity index (χ0v) is 22.2. The summed E-state index contributed by atoms with van der Waals surface area (Å²) in [5, 5.41) is 3.57. The van der Waals surface area contributed by atoms with Crippen LogP contribution in [0.3, 0.4) is 0 Å². The van der Waals surface area contributed by atoms with E-state index in [1.54, 1.807) is 79.9 Å². The summed E-state index contributed by atoms with van der Waals surface area (Å²) in [5.41, 5.74) is 1.94. The highest BCUT2D eigenvalue weighted by molar-refractivity contribution is 6.07. The lowest BCUT2D eigenvalue weighted by molar-refractivity contribution is 0.102. The Morgan fingerprint density at radius 1 is 0.878 bits per heavy atom. The number of anilines is 1. The van der Waals surface area contributed by atoms with Crippen LogP contribution >= 0.6 is 0 Å². The van der Waals surface area contributed by atoms with Crippen molar-refractivity contribution in [3.05, 3.63) is 120 Å². The van der Waals surface area contributed by atoms with Crippen LogP contribution < -0.4 is 20.3 Å². The number of carbonyl (C=O) groups is 1. The minimum Gasteiger partial charge on any atom is -0.497 e. The van der Waals surface area contributed by atoms with Gasteiger partial charge in [0.05, 0.1) is 30.2 Å². The summed E-state index contributed by atoms with van der Waals surface area (Å²) in [4.78, 5) is 40.1. The van der Waals surface area contributed by atoms with Gasteiger partial charge in [0, 0.05) is 42.7 Å². The van der Waals surface area contributed by atoms with Crippen molar-refractivity contribution in [1.29, 1.82) is 0 Å². The van der Waals surface area contributed by atoms with E-state index in [4.69, 9.17) is 9.47 Å². The summed E-state index contributed by atoms with van der Waals surface area (Å²) in [6.07, 6.45) is 6.40. The Morgan fingerprint density at radius 2 is 1.71 bits per heavy atom. The van der Waals surface area contributed by atoms with Gasteiger partial charge in [-0.1, -0.05) is 18.2 Å². The van der Waals surface area contributed by atoms with Gasteiger partial charge in [0.25, 0.3) is 11.5 Å². The van der Waals surface area contributed by atoms with Gasteiger partial charge < -0.3 is 14.8 Å². The van der Waals surface area contributed by atoms with E-state index in [0.717, 1.165) is 10.9 Å². The number of rotatable bonds is 7. The molecule has 0 spiro atoms. The van der Waals surface area contributed by atoms with Crippen LogP contribution in [0.2, 0.25) is 0 Å². The van der Waals surface area contributed by atoms with Crippen molar-refractivity contribution < 1.29 is 14.3 Å². The molecule has 41 heavy (non-hydrogen) atoms. The number of hydrogen-bond acceptors (Lipinski definition) is 7. The molecule has 0 saturated carbocycles. The summed E-state index contributed by atoms with van der Waals surface area (Å²) in [7, 11) is 3.33. The normalized spacial score (nSPS) is 10.9. The third-order valence-corrected chi connectivity index (χ3v) is 6.55. The molecule has 0 fully saturated rings. The first-order valence-electron chi connectivity index (χ1n) is 12.7. The van der Waals surface area contributed by atoms with E-state index in [-0.39, 0.29) is 11.4 Å². The van der Waals surface area contributed by atoms with Crippen molar-refractivity contribution in [2.45, 2.75) is 0 Å². The monoisotopic (exact) mass is 544 g/mol. The largest absolute Gasteiger partial charge is 0.497 e. The summed E-state index contributed by atoms with van der Waals surface area (Å²) in [6, 6.07) is 23.3. The lowest BCUT2D eigenvalue weighted by Gasteiger charge is -2.11. The topological polar surface area (TPSA) is 113 Å². The second kappa shape index (κ2) is 10.8. The lowest BCUT2D eigenvalue weighted by atomic mass is 10.1. The van der Waals surface area contributed by atoms with Gasteiger partial charge in [-0.2, -0.15) is 0 Å². The Labute approximate surface area is 234 Å². The number of pyridine rings is 3. The average Bonchev–Trinajstić information content (AvgIpc) is 3.28. The van der Waals surface area contributed by atoms with Gasteiger partial charge in [-0.3, -0.25) is 24.2 Å². The quantitative estimate of drug-likeness (QED) is 0.293. The second-order valence-corrected chi connectivity index (χ2v) is 9.07. The van der Waals surface area contributed by atoms with Crippen LogP contribution in [0.1, 0.15) is 10.4 Å². The van der Waals surface area contributed by atoms with Crippen LogP contribution in [-0.2, 0) is 7.05 Å². The number of fused-ring (bicyclic) bond motifs is 1. The van der Waals surface area contributed by atoms with Crippen molar-refractivity contribution in [1.82, 2.24) is 24.3 Å². The highest BCUT2D eigenvalue weighted by Gasteiger charge is 2.26. The van der Waals surface area contributed by atoms with E-state index in [9.17, 15) is 9.59 Å². The van der Waals surface area contributed by atoms with E-state index >= 15 is 0 Å². The van der Waals surface area contributed by atoms with Crippen molar-refractivity contribution in [3.8, 4) is 34.2 Å². The fourth-order valence-corrected chi connectivity index (χ4v) is 4.64. The molecule has 0 bridgehead atoms. The number of amides is 1. The number of ether oxygens (including phenoxy) is 2. The number of nitrogens with zero attached hydrogens (tertiary/aromatic N) is 5. The Bertz CT molecular complexity index is 1920. The number of methoxy groups -OCH3 is 1. The Morgan fingerprint density at radius 3 is 2.44 bits per heavy atom. The first-order chi connectivity index (χ1) is 20.0. The minimum absolute atomic E-state index is 0.0230. The first-order valence-corrected chi connectivity index (χ1v) is 12.7. The maximum absolute atomic E-state index is 13.6. The predicted octanol–water partition coefficient (Wildman–Crippen LogP) is 5.23. The van der Waals surface area contributed by atoms with Crippen molar-refractivity contribution in [2.24, 2.45) is 7.05 Å². The number of nitrogens with one attached hydrogen (secondary N) is 1. The molecule has 0 aliphatic heterocycles. The Hall–Kier alpha value is -5.77. The molecule has 4 aromatic heterocycles. The van der Waals surface area contributed by atoms with Crippen LogP contribution in [-0.4, -0.2) is 37.3 Å². The van der Waals surface area contributed by atoms with Gasteiger partial charge >= 0.3 is 0 Å². The van der Waals surface area contributed by atoms with Crippen LogP contribution in [0, 0.1) is 0 Å². The average molecular weight is 545 g/mol. The van der Waals surface area contributed by atoms with E-state index in [2.05, 4.69) is 20.3 Å². The molecule has 10 heteroatoms. The molecule has 1 amide bonds. The van der Waals surface area contributed by atoms with Crippen molar-refractivity contribution in [3.63, 3.8) is 0 Å². The number of carbonyl (C=O) groups excluding carboxylic acids is 1. The maximum atomic E-state index is 13.6. The lowest BCUT2D eigenvalue weighted by Crippen LogP contribution is -2.25. The highest BCUT2D eigenvalue weighted by Crippen LogP contribution is 2.31. The minimum atomic E-state index is -0.589. The third kappa shape index (κ3) is 4.89. The molecule has 2 aromatic carbocycles. The zero-order chi connectivity index (χ0) is 28.3. The number of benzene rings is 2. The molecule has 0 aliphatic carbocycles. The smallest absolute Gasteiger partial charge is 0.284 e. The molecule has 202 valence electrons. The summed E-state index contributed by atoms with van der Waals surface area (Å²) < 4.78 is 14.4. The fourth-order valence-electron chi connectivity index (χ4n) is 4.64. The molecule has 4 heterocycles. The standard InChI is InChI=1S/C31H24N6O4/c1-36-29(20-7-6-15-32-18-20)28(31(39)37(36)21-8-4-3-5-9-21)30(38)35-27-13-11-23(19-34-27)41-26-14-16-33-25-17-22(40-2)10-12-24(25)26/h3-19H,1-2H3,(H,34,35,38). The van der Waals surface area contributed by atoms with Crippen LogP contribution in [0.25, 0.3) is 27.8 Å². The molecule has 0 radical (unpaired) electrons. The summed E-state index contributed by atoms with van der Waals surface area (Å²) in [5.74, 6) is 1.44. The maximum Gasteiger partial charge on any atom is 0.284 e. The fraction of sp³-hybridized carbons (Fsp3) is 0.0645. The SMILES string of the molecule is COc1ccc2c(Oc3ccc(NC(=O)c4c(-c5cccnc5)n(C)n(-c5ccccc5)c4=O)nc3)ccnc2c1. The van der Waals surface area contributed by atoms with Gasteiger partial charge in [-0.15, -0.1) is 0 Å². The molecule has 0 aliphatic rings. The van der Waals surface area contributed by atoms with Gasteiger partial charge in [-0.25, -0.2) is 9.67 Å². The summed E-state index contributed by atoms with van der Waals surface area (Å²) in [6.45, 7) is 0.